The van der Waals surface area contributed by atoms with Crippen molar-refractivity contribution < 1.29 is 18.7 Å². The Morgan fingerprint density at radius 2 is 1.91 bits per heavy atom. The molecule has 4 rings (SSSR count). The minimum absolute atomic E-state index is 0.0319. The fraction of sp³-hybridized carbons (Fsp3) is 0.280. The van der Waals surface area contributed by atoms with Gasteiger partial charge in [0.1, 0.15) is 17.4 Å². The molecule has 1 N–H and O–H groups in total. The van der Waals surface area contributed by atoms with Crippen LogP contribution in [0.2, 0.25) is 0 Å². The molecule has 1 unspecified atom stereocenters. The van der Waals surface area contributed by atoms with Crippen LogP contribution in [-0.4, -0.2) is 46.4 Å². The minimum Gasteiger partial charge on any atom is -0.493 e. The van der Waals surface area contributed by atoms with E-state index in [1.165, 1.54) is 18.3 Å². The number of likely N-dealkylation sites (tertiary alicyclic amines) is 1. The zero-order chi connectivity index (χ0) is 23.4. The number of aromatic nitrogens is 2. The molecule has 170 valence electrons. The largest absolute Gasteiger partial charge is 0.493 e. The van der Waals surface area contributed by atoms with Crippen molar-refractivity contribution in [3.05, 3.63) is 83.2 Å². The van der Waals surface area contributed by atoms with E-state index in [9.17, 15) is 14.0 Å². The van der Waals surface area contributed by atoms with Gasteiger partial charge in [0.2, 0.25) is 0 Å². The summed E-state index contributed by atoms with van der Waals surface area (Å²) in [5.41, 5.74) is 1.42. The first-order valence-corrected chi connectivity index (χ1v) is 10.9. The summed E-state index contributed by atoms with van der Waals surface area (Å²) in [6.45, 7) is 5.16. The third-order valence-corrected chi connectivity index (χ3v) is 5.62. The molecule has 1 aliphatic rings. The van der Waals surface area contributed by atoms with Gasteiger partial charge in [0.15, 0.2) is 0 Å². The smallest absolute Gasteiger partial charge is 0.259 e. The number of anilines is 1. The number of carbonyl (C=O) groups is 2. The fourth-order valence-electron chi connectivity index (χ4n) is 3.91. The van der Waals surface area contributed by atoms with Crippen molar-refractivity contribution in [2.75, 3.05) is 25.0 Å². The number of rotatable bonds is 6. The maximum Gasteiger partial charge on any atom is 0.259 e. The standard InChI is InChI=1S/C25H25FN4O3/c1-3-33-22-11-7-4-8-18(22)25(32)30-13-12-17(15-30)23-27-14-19(16(2)28-23)24(31)29-21-10-6-5-9-20(21)26/h4-11,14,17H,3,12-13,15H2,1-2H3,(H,29,31). The first-order chi connectivity index (χ1) is 16.0. The van der Waals surface area contributed by atoms with Crippen LogP contribution in [0.1, 0.15) is 51.5 Å². The van der Waals surface area contributed by atoms with Gasteiger partial charge < -0.3 is 15.0 Å². The van der Waals surface area contributed by atoms with Gasteiger partial charge >= 0.3 is 0 Å². The Morgan fingerprint density at radius 1 is 1.15 bits per heavy atom. The lowest BCUT2D eigenvalue weighted by molar-refractivity contribution is 0.0786. The summed E-state index contributed by atoms with van der Waals surface area (Å²) < 4.78 is 19.4. The first kappa shape index (κ1) is 22.4. The van der Waals surface area contributed by atoms with E-state index in [-0.39, 0.29) is 23.1 Å². The van der Waals surface area contributed by atoms with Crippen molar-refractivity contribution in [3.63, 3.8) is 0 Å². The van der Waals surface area contributed by atoms with Gasteiger partial charge in [-0.1, -0.05) is 24.3 Å². The molecule has 3 aromatic rings. The van der Waals surface area contributed by atoms with Gasteiger partial charge in [0.05, 0.1) is 29.1 Å². The van der Waals surface area contributed by atoms with Crippen molar-refractivity contribution in [2.24, 2.45) is 0 Å². The Morgan fingerprint density at radius 3 is 2.67 bits per heavy atom. The van der Waals surface area contributed by atoms with Gasteiger partial charge in [-0.15, -0.1) is 0 Å². The number of ether oxygens (including phenoxy) is 1. The topological polar surface area (TPSA) is 84.4 Å². The summed E-state index contributed by atoms with van der Waals surface area (Å²) in [6.07, 6.45) is 2.19. The molecule has 8 heteroatoms. The van der Waals surface area contributed by atoms with E-state index in [1.54, 1.807) is 36.1 Å². The third-order valence-electron chi connectivity index (χ3n) is 5.62. The normalized spacial score (nSPS) is 15.4. The SMILES string of the molecule is CCOc1ccccc1C(=O)N1CCC(c2ncc(C(=O)Nc3ccccc3F)c(C)n2)C1. The number of hydrogen-bond donors (Lipinski definition) is 1. The molecule has 0 aliphatic carbocycles. The number of hydrogen-bond acceptors (Lipinski definition) is 5. The van der Waals surface area contributed by atoms with Gasteiger partial charge in [0, 0.05) is 25.2 Å². The monoisotopic (exact) mass is 448 g/mol. The quantitative estimate of drug-likeness (QED) is 0.611. The summed E-state index contributed by atoms with van der Waals surface area (Å²) >= 11 is 0. The highest BCUT2D eigenvalue weighted by molar-refractivity contribution is 6.04. The van der Waals surface area contributed by atoms with Crippen LogP contribution in [-0.2, 0) is 0 Å². The van der Waals surface area contributed by atoms with Crippen LogP contribution in [0, 0.1) is 12.7 Å². The van der Waals surface area contributed by atoms with Gasteiger partial charge in [-0.05, 0) is 44.5 Å². The van der Waals surface area contributed by atoms with E-state index in [0.29, 0.717) is 42.5 Å². The molecule has 1 fully saturated rings. The maximum absolute atomic E-state index is 13.8. The Balaban J connectivity index is 1.45. The molecule has 2 aromatic carbocycles. The van der Waals surface area contributed by atoms with Gasteiger partial charge in [-0.3, -0.25) is 9.59 Å². The molecule has 0 spiro atoms. The zero-order valence-corrected chi connectivity index (χ0v) is 18.5. The number of nitrogens with one attached hydrogen (secondary N) is 1. The average molecular weight is 448 g/mol. The van der Waals surface area contributed by atoms with Crippen molar-refractivity contribution in [3.8, 4) is 5.75 Å². The predicted octanol–water partition coefficient (Wildman–Crippen LogP) is 4.20. The van der Waals surface area contributed by atoms with Crippen molar-refractivity contribution in [1.82, 2.24) is 14.9 Å². The number of nitrogens with zero attached hydrogens (tertiary/aromatic N) is 3. The molecule has 0 saturated carbocycles. The minimum atomic E-state index is -0.511. The molecule has 0 radical (unpaired) electrons. The Bertz CT molecular complexity index is 1180. The lowest BCUT2D eigenvalue weighted by Crippen LogP contribution is -2.29. The van der Waals surface area contributed by atoms with Crippen molar-refractivity contribution in [1.29, 1.82) is 0 Å². The molecule has 1 aromatic heterocycles. The van der Waals surface area contributed by atoms with E-state index in [0.717, 1.165) is 6.42 Å². The number of carbonyl (C=O) groups excluding carboxylic acids is 2. The van der Waals surface area contributed by atoms with Crippen LogP contribution in [0.15, 0.2) is 54.7 Å². The highest BCUT2D eigenvalue weighted by Crippen LogP contribution is 2.28. The number of halogens is 1. The van der Waals surface area contributed by atoms with Gasteiger partial charge in [-0.25, -0.2) is 14.4 Å². The first-order valence-electron chi connectivity index (χ1n) is 10.9. The summed E-state index contributed by atoms with van der Waals surface area (Å²) in [6, 6.07) is 13.2. The second-order valence-corrected chi connectivity index (χ2v) is 7.83. The van der Waals surface area contributed by atoms with E-state index in [1.807, 2.05) is 19.1 Å². The lowest BCUT2D eigenvalue weighted by atomic mass is 10.1. The van der Waals surface area contributed by atoms with Crippen LogP contribution in [0.25, 0.3) is 0 Å². The fourth-order valence-corrected chi connectivity index (χ4v) is 3.91. The van der Waals surface area contributed by atoms with Crippen molar-refractivity contribution in [2.45, 2.75) is 26.2 Å². The van der Waals surface area contributed by atoms with E-state index >= 15 is 0 Å². The number of aryl methyl sites for hydroxylation is 1. The number of benzene rings is 2. The summed E-state index contributed by atoms with van der Waals surface area (Å²) in [5, 5.41) is 2.55. The molecule has 33 heavy (non-hydrogen) atoms. The van der Waals surface area contributed by atoms with Crippen LogP contribution < -0.4 is 10.1 Å². The second kappa shape index (κ2) is 9.77. The summed E-state index contributed by atoms with van der Waals surface area (Å²) in [7, 11) is 0. The molecule has 0 bridgehead atoms. The molecular weight excluding hydrogens is 423 g/mol. The molecular formula is C25H25FN4O3. The van der Waals surface area contributed by atoms with Crippen LogP contribution >= 0.6 is 0 Å². The molecule has 2 heterocycles. The van der Waals surface area contributed by atoms with E-state index < -0.39 is 11.7 Å². The number of para-hydroxylation sites is 2. The van der Waals surface area contributed by atoms with Gasteiger partial charge in [-0.2, -0.15) is 0 Å². The highest BCUT2D eigenvalue weighted by atomic mass is 19.1. The average Bonchev–Trinajstić information content (AvgIpc) is 3.31. The maximum atomic E-state index is 13.8. The summed E-state index contributed by atoms with van der Waals surface area (Å²) in [5.74, 6) is 0.0615. The molecule has 7 nitrogen and oxygen atoms in total. The Hall–Kier alpha value is -3.81. The third kappa shape index (κ3) is 4.84. The summed E-state index contributed by atoms with van der Waals surface area (Å²) in [4.78, 5) is 36.3. The van der Waals surface area contributed by atoms with Crippen LogP contribution in [0.3, 0.4) is 0 Å². The Labute approximate surface area is 191 Å². The van der Waals surface area contributed by atoms with Crippen molar-refractivity contribution >= 4 is 17.5 Å². The highest BCUT2D eigenvalue weighted by Gasteiger charge is 2.31. The molecule has 1 aliphatic heterocycles. The molecule has 1 saturated heterocycles. The van der Waals surface area contributed by atoms with Gasteiger partial charge in [0.25, 0.3) is 11.8 Å². The van der Waals surface area contributed by atoms with E-state index in [2.05, 4.69) is 15.3 Å². The van der Waals surface area contributed by atoms with Crippen LogP contribution in [0.5, 0.6) is 5.75 Å². The predicted molar refractivity (Wildman–Crippen MR) is 122 cm³/mol. The zero-order valence-electron chi connectivity index (χ0n) is 18.5. The van der Waals surface area contributed by atoms with Crippen LogP contribution in [0.4, 0.5) is 10.1 Å². The Kier molecular flexibility index (Phi) is 6.63. The number of amides is 2. The molecule has 1 atom stereocenters. The molecule has 2 amide bonds. The second-order valence-electron chi connectivity index (χ2n) is 7.83. The lowest BCUT2D eigenvalue weighted by Gasteiger charge is -2.18. The van der Waals surface area contributed by atoms with E-state index in [4.69, 9.17) is 4.74 Å².